The van der Waals surface area contributed by atoms with E-state index >= 15 is 0 Å². The van der Waals surface area contributed by atoms with E-state index in [1.54, 1.807) is 13.3 Å². The lowest BCUT2D eigenvalue weighted by Crippen LogP contribution is -2.04. The van der Waals surface area contributed by atoms with E-state index in [1.165, 1.54) is 4.52 Å². The number of nitrogens with zero attached hydrogens (tertiary/aromatic N) is 5. The minimum Gasteiger partial charge on any atom is -0.481 e. The maximum atomic E-state index is 9.21. The van der Waals surface area contributed by atoms with E-state index in [9.17, 15) is 5.11 Å². The van der Waals surface area contributed by atoms with Gasteiger partial charge in [0.05, 0.1) is 12.7 Å². The van der Waals surface area contributed by atoms with Crippen molar-refractivity contribution >= 4 is 23.2 Å². The van der Waals surface area contributed by atoms with Gasteiger partial charge in [0.25, 0.3) is 0 Å². The molecular weight excluding hydrogens is 308 g/mol. The predicted octanol–water partition coefficient (Wildman–Crippen LogP) is 1.23. The van der Waals surface area contributed by atoms with Crippen LogP contribution in [0.2, 0.25) is 5.15 Å². The number of fused-ring (bicyclic) bond motifs is 1. The lowest BCUT2D eigenvalue weighted by Gasteiger charge is -2.09. The quantitative estimate of drug-likeness (QED) is 0.698. The van der Waals surface area contributed by atoms with E-state index in [0.717, 1.165) is 5.56 Å². The van der Waals surface area contributed by atoms with Gasteiger partial charge in [0.15, 0.2) is 11.5 Å². The highest BCUT2D eigenvalue weighted by Gasteiger charge is 2.18. The molecule has 0 spiro atoms. The maximum Gasteiger partial charge on any atom is 0.224 e. The van der Waals surface area contributed by atoms with Gasteiger partial charge in [-0.05, 0) is 13.0 Å². The fraction of sp³-hybridized carbons (Fsp3) is 0.231. The number of ether oxygens (including phenoxy) is 1. The van der Waals surface area contributed by atoms with Crippen molar-refractivity contribution in [3.8, 4) is 17.0 Å². The average Bonchev–Trinajstić information content (AvgIpc) is 2.92. The summed E-state index contributed by atoms with van der Waals surface area (Å²) in [5, 5.41) is 13.5. The highest BCUT2D eigenvalue weighted by Crippen LogP contribution is 2.32. The number of aryl methyl sites for hydroxylation is 1. The molecule has 0 aliphatic rings. The molecular formula is C13H13ClN6O2. The molecule has 0 saturated heterocycles. The van der Waals surface area contributed by atoms with Crippen molar-refractivity contribution < 1.29 is 9.84 Å². The molecule has 0 aliphatic heterocycles. The van der Waals surface area contributed by atoms with Gasteiger partial charge in [-0.2, -0.15) is 4.52 Å². The summed E-state index contributed by atoms with van der Waals surface area (Å²) in [7, 11) is 1.55. The van der Waals surface area contributed by atoms with Crippen molar-refractivity contribution in [3.63, 3.8) is 0 Å². The molecule has 3 aromatic rings. The molecule has 0 atom stereocenters. The number of hydrogen-bond acceptors (Lipinski definition) is 7. The summed E-state index contributed by atoms with van der Waals surface area (Å²) in [6, 6.07) is 1.86. The van der Waals surface area contributed by atoms with Crippen molar-refractivity contribution in [1.29, 1.82) is 0 Å². The zero-order valence-electron chi connectivity index (χ0n) is 11.9. The van der Waals surface area contributed by atoms with E-state index in [-0.39, 0.29) is 23.5 Å². The number of nitrogen functional groups attached to an aromatic ring is 1. The Hall–Kier alpha value is -2.45. The van der Waals surface area contributed by atoms with Crippen molar-refractivity contribution in [2.24, 2.45) is 0 Å². The SMILES string of the molecule is COc1ncc(-c2c(Cl)nc(N)n3nc(CO)nc23)cc1C. The lowest BCUT2D eigenvalue weighted by molar-refractivity contribution is 0.271. The Balaban J connectivity index is 2.30. The van der Waals surface area contributed by atoms with Gasteiger partial charge in [-0.15, -0.1) is 5.10 Å². The molecule has 0 unspecified atom stereocenters. The second-order valence-electron chi connectivity index (χ2n) is 4.61. The Morgan fingerprint density at radius 3 is 2.82 bits per heavy atom. The fourth-order valence-electron chi connectivity index (χ4n) is 2.20. The topological polar surface area (TPSA) is 111 Å². The minimum absolute atomic E-state index is 0.0918. The molecule has 3 N–H and O–H groups in total. The molecule has 3 aromatic heterocycles. The number of anilines is 1. The molecule has 0 aromatic carbocycles. The van der Waals surface area contributed by atoms with Crippen LogP contribution in [-0.4, -0.2) is 36.8 Å². The van der Waals surface area contributed by atoms with E-state index in [2.05, 4.69) is 20.1 Å². The van der Waals surface area contributed by atoms with Crippen molar-refractivity contribution in [2.75, 3.05) is 12.8 Å². The summed E-state index contributed by atoms with van der Waals surface area (Å²) in [5.41, 5.74) is 8.30. The lowest BCUT2D eigenvalue weighted by atomic mass is 10.1. The van der Waals surface area contributed by atoms with Gasteiger partial charge in [-0.3, -0.25) is 0 Å². The third-order valence-electron chi connectivity index (χ3n) is 3.16. The highest BCUT2D eigenvalue weighted by atomic mass is 35.5. The molecule has 0 saturated carbocycles. The van der Waals surface area contributed by atoms with Gasteiger partial charge in [0.1, 0.15) is 11.8 Å². The second-order valence-corrected chi connectivity index (χ2v) is 4.97. The molecule has 0 bridgehead atoms. The van der Waals surface area contributed by atoms with Crippen LogP contribution in [0.1, 0.15) is 11.4 Å². The summed E-state index contributed by atoms with van der Waals surface area (Å²) in [5.74, 6) is 0.848. The molecule has 3 heterocycles. The van der Waals surface area contributed by atoms with Gasteiger partial charge in [-0.1, -0.05) is 11.6 Å². The van der Waals surface area contributed by atoms with Crippen LogP contribution in [0.4, 0.5) is 5.95 Å². The average molecular weight is 321 g/mol. The highest BCUT2D eigenvalue weighted by molar-refractivity contribution is 6.33. The maximum absolute atomic E-state index is 9.21. The molecule has 0 fully saturated rings. The van der Waals surface area contributed by atoms with E-state index in [0.29, 0.717) is 22.7 Å². The molecule has 3 rings (SSSR count). The Kier molecular flexibility index (Phi) is 3.55. The summed E-state index contributed by atoms with van der Waals surface area (Å²) < 4.78 is 6.49. The first-order valence-electron chi connectivity index (χ1n) is 6.37. The van der Waals surface area contributed by atoms with Crippen LogP contribution < -0.4 is 10.5 Å². The third kappa shape index (κ3) is 2.22. The number of aromatic nitrogens is 5. The number of pyridine rings is 1. The minimum atomic E-state index is -0.307. The predicted molar refractivity (Wildman–Crippen MR) is 80.6 cm³/mol. The fourth-order valence-corrected chi connectivity index (χ4v) is 2.48. The molecule has 22 heavy (non-hydrogen) atoms. The molecule has 8 nitrogen and oxygen atoms in total. The Bertz CT molecular complexity index is 863. The van der Waals surface area contributed by atoms with Gasteiger partial charge in [0, 0.05) is 17.3 Å². The van der Waals surface area contributed by atoms with Crippen molar-refractivity contribution in [1.82, 2.24) is 24.6 Å². The monoisotopic (exact) mass is 320 g/mol. The van der Waals surface area contributed by atoms with Crippen LogP contribution in [0.15, 0.2) is 12.3 Å². The van der Waals surface area contributed by atoms with Crippen molar-refractivity contribution in [2.45, 2.75) is 13.5 Å². The van der Waals surface area contributed by atoms with Gasteiger partial charge in [-0.25, -0.2) is 15.0 Å². The largest absolute Gasteiger partial charge is 0.481 e. The zero-order chi connectivity index (χ0) is 15.9. The van der Waals surface area contributed by atoms with E-state index < -0.39 is 0 Å². The van der Waals surface area contributed by atoms with Crippen LogP contribution in [0.5, 0.6) is 5.88 Å². The third-order valence-corrected chi connectivity index (χ3v) is 3.44. The first-order valence-corrected chi connectivity index (χ1v) is 6.75. The molecule has 0 aliphatic carbocycles. The summed E-state index contributed by atoms with van der Waals surface area (Å²) in [6.07, 6.45) is 1.61. The van der Waals surface area contributed by atoms with Crippen LogP contribution in [0.3, 0.4) is 0 Å². The summed E-state index contributed by atoms with van der Waals surface area (Å²) in [4.78, 5) is 12.5. The number of hydrogen-bond donors (Lipinski definition) is 2. The zero-order valence-corrected chi connectivity index (χ0v) is 12.7. The van der Waals surface area contributed by atoms with Crippen molar-refractivity contribution in [3.05, 3.63) is 28.8 Å². The normalized spacial score (nSPS) is 11.1. The smallest absolute Gasteiger partial charge is 0.224 e. The first-order chi connectivity index (χ1) is 10.5. The number of aliphatic hydroxyl groups is 1. The van der Waals surface area contributed by atoms with Crippen LogP contribution in [-0.2, 0) is 6.61 Å². The molecule has 0 amide bonds. The number of methoxy groups -OCH3 is 1. The standard InChI is InChI=1S/C13H13ClN6O2/c1-6-3-7(4-16-12(6)22-2)9-10(14)18-13(15)20-11(9)17-8(5-21)19-20/h3-4,21H,5H2,1-2H3,(H2,15,18). The molecule has 114 valence electrons. The number of halogens is 1. The van der Waals surface area contributed by atoms with E-state index in [1.807, 2.05) is 13.0 Å². The number of aliphatic hydroxyl groups excluding tert-OH is 1. The van der Waals surface area contributed by atoms with Gasteiger partial charge >= 0.3 is 0 Å². The summed E-state index contributed by atoms with van der Waals surface area (Å²) >= 11 is 6.23. The summed E-state index contributed by atoms with van der Waals surface area (Å²) in [6.45, 7) is 1.56. The molecule has 9 heteroatoms. The Labute approximate surface area is 130 Å². The van der Waals surface area contributed by atoms with Crippen LogP contribution in [0, 0.1) is 6.92 Å². The van der Waals surface area contributed by atoms with Crippen LogP contribution >= 0.6 is 11.6 Å². The van der Waals surface area contributed by atoms with E-state index in [4.69, 9.17) is 22.1 Å². The van der Waals surface area contributed by atoms with Crippen LogP contribution in [0.25, 0.3) is 16.8 Å². The van der Waals surface area contributed by atoms with Gasteiger partial charge < -0.3 is 15.6 Å². The number of rotatable bonds is 3. The Morgan fingerprint density at radius 2 is 2.18 bits per heavy atom. The number of nitrogens with two attached hydrogens (primary N) is 1. The first kappa shape index (κ1) is 14.5. The Morgan fingerprint density at radius 1 is 1.41 bits per heavy atom. The molecule has 0 radical (unpaired) electrons. The second kappa shape index (κ2) is 5.39. The van der Waals surface area contributed by atoms with Gasteiger partial charge in [0.2, 0.25) is 11.8 Å².